The maximum Gasteiger partial charge on any atom is 0.320 e. The summed E-state index contributed by atoms with van der Waals surface area (Å²) in [6, 6.07) is 0. The van der Waals surface area contributed by atoms with Crippen molar-refractivity contribution < 1.29 is 19.1 Å². The Morgan fingerprint density at radius 3 is 1.89 bits per heavy atom. The monoisotopic (exact) mass is 256 g/mol. The highest BCUT2D eigenvalue weighted by atomic mass is 16.6. The lowest BCUT2D eigenvalue weighted by molar-refractivity contribution is -0.161. The minimum absolute atomic E-state index is 0.268. The second-order valence-corrected chi connectivity index (χ2v) is 4.10. The quantitative estimate of drug-likeness (QED) is 0.361. The van der Waals surface area contributed by atoms with E-state index in [1.807, 2.05) is 0 Å². The molecule has 0 saturated carbocycles. The van der Waals surface area contributed by atoms with Crippen LogP contribution in [-0.4, -0.2) is 25.2 Å². The fourth-order valence-electron chi connectivity index (χ4n) is 1.64. The first-order valence-electron chi connectivity index (χ1n) is 6.56. The first kappa shape index (κ1) is 16.7. The van der Waals surface area contributed by atoms with Crippen LogP contribution in [0.2, 0.25) is 0 Å². The Kier molecular flexibility index (Phi) is 8.97. The van der Waals surface area contributed by atoms with E-state index in [1.54, 1.807) is 13.8 Å². The zero-order valence-corrected chi connectivity index (χ0v) is 11.7. The van der Waals surface area contributed by atoms with E-state index < -0.39 is 17.9 Å². The van der Waals surface area contributed by atoms with Gasteiger partial charge in [0.05, 0.1) is 13.2 Å². The topological polar surface area (TPSA) is 52.6 Å². The SMILES string of the molecule is C=C(CCC)CCC(C(=O)OCC)C(=O)OCC. The molecule has 0 spiro atoms. The van der Waals surface area contributed by atoms with Gasteiger partial charge in [-0.05, 0) is 33.1 Å². The van der Waals surface area contributed by atoms with Gasteiger partial charge in [0.25, 0.3) is 0 Å². The average molecular weight is 256 g/mol. The Morgan fingerprint density at radius 2 is 1.50 bits per heavy atom. The highest BCUT2D eigenvalue weighted by molar-refractivity contribution is 5.94. The lowest BCUT2D eigenvalue weighted by Crippen LogP contribution is -2.28. The van der Waals surface area contributed by atoms with Crippen LogP contribution in [-0.2, 0) is 19.1 Å². The molecule has 0 aliphatic carbocycles. The van der Waals surface area contributed by atoms with Crippen LogP contribution in [0.15, 0.2) is 12.2 Å². The zero-order valence-electron chi connectivity index (χ0n) is 11.7. The molecule has 0 saturated heterocycles. The highest BCUT2D eigenvalue weighted by Crippen LogP contribution is 2.17. The maximum atomic E-state index is 11.7. The van der Waals surface area contributed by atoms with E-state index in [-0.39, 0.29) is 13.2 Å². The molecule has 0 bridgehead atoms. The molecule has 0 amide bonds. The average Bonchev–Trinajstić information content (AvgIpc) is 2.30. The molecule has 0 aromatic heterocycles. The second kappa shape index (κ2) is 9.68. The van der Waals surface area contributed by atoms with Crippen LogP contribution in [0.5, 0.6) is 0 Å². The summed E-state index contributed by atoms with van der Waals surface area (Å²) in [4.78, 5) is 23.4. The number of rotatable bonds is 9. The Bertz CT molecular complexity index is 266. The van der Waals surface area contributed by atoms with Gasteiger partial charge in [-0.25, -0.2) is 0 Å². The fraction of sp³-hybridized carbons (Fsp3) is 0.714. The van der Waals surface area contributed by atoms with Gasteiger partial charge in [0.1, 0.15) is 0 Å². The lowest BCUT2D eigenvalue weighted by atomic mass is 9.98. The van der Waals surface area contributed by atoms with Crippen LogP contribution in [0.25, 0.3) is 0 Å². The van der Waals surface area contributed by atoms with Gasteiger partial charge in [-0.3, -0.25) is 9.59 Å². The minimum Gasteiger partial charge on any atom is -0.465 e. The van der Waals surface area contributed by atoms with Crippen LogP contribution in [0.3, 0.4) is 0 Å². The molecule has 0 fully saturated rings. The molecule has 0 heterocycles. The molecule has 0 unspecified atom stereocenters. The molecular weight excluding hydrogens is 232 g/mol. The zero-order chi connectivity index (χ0) is 14.0. The van der Waals surface area contributed by atoms with E-state index in [1.165, 1.54) is 0 Å². The van der Waals surface area contributed by atoms with E-state index in [0.717, 1.165) is 18.4 Å². The van der Waals surface area contributed by atoms with Crippen molar-refractivity contribution in [2.45, 2.75) is 46.5 Å². The predicted octanol–water partition coefficient (Wildman–Crippen LogP) is 2.87. The van der Waals surface area contributed by atoms with Gasteiger partial charge < -0.3 is 9.47 Å². The van der Waals surface area contributed by atoms with Crippen LogP contribution < -0.4 is 0 Å². The molecule has 4 heteroatoms. The van der Waals surface area contributed by atoms with Crippen molar-refractivity contribution >= 4 is 11.9 Å². The Morgan fingerprint density at radius 1 is 1.00 bits per heavy atom. The first-order valence-corrected chi connectivity index (χ1v) is 6.56. The van der Waals surface area contributed by atoms with Crippen molar-refractivity contribution in [3.8, 4) is 0 Å². The molecule has 4 nitrogen and oxygen atoms in total. The van der Waals surface area contributed by atoms with Gasteiger partial charge in [-0.1, -0.05) is 25.5 Å². The van der Waals surface area contributed by atoms with Crippen molar-refractivity contribution in [2.24, 2.45) is 5.92 Å². The summed E-state index contributed by atoms with van der Waals surface area (Å²) in [5.74, 6) is -1.82. The third kappa shape index (κ3) is 6.42. The number of carbonyl (C=O) groups is 2. The Labute approximate surface area is 109 Å². The molecule has 0 aliphatic rings. The molecule has 0 rings (SSSR count). The molecule has 18 heavy (non-hydrogen) atoms. The molecule has 0 radical (unpaired) electrons. The van der Waals surface area contributed by atoms with Crippen molar-refractivity contribution in [1.82, 2.24) is 0 Å². The van der Waals surface area contributed by atoms with Crippen LogP contribution in [0, 0.1) is 5.92 Å². The van der Waals surface area contributed by atoms with Crippen molar-refractivity contribution in [3.63, 3.8) is 0 Å². The Balaban J connectivity index is 4.42. The second-order valence-electron chi connectivity index (χ2n) is 4.10. The highest BCUT2D eigenvalue weighted by Gasteiger charge is 2.29. The van der Waals surface area contributed by atoms with Crippen LogP contribution >= 0.6 is 0 Å². The summed E-state index contributed by atoms with van der Waals surface area (Å²) < 4.78 is 9.79. The van der Waals surface area contributed by atoms with Gasteiger partial charge >= 0.3 is 11.9 Å². The molecule has 0 aliphatic heterocycles. The minimum atomic E-state index is -0.821. The van der Waals surface area contributed by atoms with E-state index in [4.69, 9.17) is 9.47 Å². The van der Waals surface area contributed by atoms with Crippen LogP contribution in [0.1, 0.15) is 46.5 Å². The lowest BCUT2D eigenvalue weighted by Gasteiger charge is -2.14. The standard InChI is InChI=1S/C14H24O4/c1-5-8-11(4)9-10-12(13(15)17-6-2)14(16)18-7-3/h12H,4-10H2,1-3H3. The van der Waals surface area contributed by atoms with Gasteiger partial charge in [0.15, 0.2) is 5.92 Å². The van der Waals surface area contributed by atoms with Crippen molar-refractivity contribution in [1.29, 1.82) is 0 Å². The number of esters is 2. The third-order valence-electron chi connectivity index (χ3n) is 2.53. The molecule has 104 valence electrons. The van der Waals surface area contributed by atoms with Crippen LogP contribution in [0.4, 0.5) is 0 Å². The van der Waals surface area contributed by atoms with Crippen molar-refractivity contribution in [2.75, 3.05) is 13.2 Å². The van der Waals surface area contributed by atoms with E-state index in [9.17, 15) is 9.59 Å². The summed E-state index contributed by atoms with van der Waals surface area (Å²) >= 11 is 0. The fourth-order valence-corrected chi connectivity index (χ4v) is 1.64. The molecule has 0 N–H and O–H groups in total. The van der Waals surface area contributed by atoms with Gasteiger partial charge in [0, 0.05) is 0 Å². The Hall–Kier alpha value is -1.32. The van der Waals surface area contributed by atoms with Gasteiger partial charge in [-0.15, -0.1) is 0 Å². The normalized spacial score (nSPS) is 10.2. The number of hydrogen-bond acceptors (Lipinski definition) is 4. The van der Waals surface area contributed by atoms with E-state index in [2.05, 4.69) is 13.5 Å². The van der Waals surface area contributed by atoms with Crippen molar-refractivity contribution in [3.05, 3.63) is 12.2 Å². The number of hydrogen-bond donors (Lipinski definition) is 0. The molecule has 0 aromatic rings. The predicted molar refractivity (Wildman–Crippen MR) is 70.0 cm³/mol. The largest absolute Gasteiger partial charge is 0.465 e. The summed E-state index contributed by atoms with van der Waals surface area (Å²) in [6.07, 6.45) is 2.99. The van der Waals surface area contributed by atoms with E-state index >= 15 is 0 Å². The summed E-state index contributed by atoms with van der Waals surface area (Å²) in [5.41, 5.74) is 1.05. The summed E-state index contributed by atoms with van der Waals surface area (Å²) in [5, 5.41) is 0. The van der Waals surface area contributed by atoms with E-state index in [0.29, 0.717) is 12.8 Å². The maximum absolute atomic E-state index is 11.7. The number of allylic oxidation sites excluding steroid dienone is 1. The number of ether oxygens (including phenoxy) is 2. The third-order valence-corrected chi connectivity index (χ3v) is 2.53. The summed E-state index contributed by atoms with van der Waals surface area (Å²) in [6.45, 7) is 9.97. The number of carbonyl (C=O) groups excluding carboxylic acids is 2. The molecule has 0 atom stereocenters. The van der Waals surface area contributed by atoms with Gasteiger partial charge in [0.2, 0.25) is 0 Å². The van der Waals surface area contributed by atoms with Gasteiger partial charge in [-0.2, -0.15) is 0 Å². The summed E-state index contributed by atoms with van der Waals surface area (Å²) in [7, 11) is 0. The first-order chi connectivity index (χ1) is 8.56. The molecular formula is C14H24O4. The smallest absolute Gasteiger partial charge is 0.320 e. The molecule has 0 aromatic carbocycles.